The molecular formula is C26H28N6O. The van der Waals surface area contributed by atoms with Gasteiger partial charge >= 0.3 is 0 Å². The molecule has 0 bridgehead atoms. The van der Waals surface area contributed by atoms with Gasteiger partial charge in [0, 0.05) is 42.5 Å². The second kappa shape index (κ2) is 7.83. The number of anilines is 1. The summed E-state index contributed by atoms with van der Waals surface area (Å²) >= 11 is 0. The van der Waals surface area contributed by atoms with Gasteiger partial charge in [0.15, 0.2) is 11.5 Å². The zero-order chi connectivity index (χ0) is 22.5. The van der Waals surface area contributed by atoms with Crippen molar-refractivity contribution in [2.75, 3.05) is 24.5 Å². The van der Waals surface area contributed by atoms with E-state index in [1.54, 1.807) is 0 Å². The van der Waals surface area contributed by atoms with Gasteiger partial charge in [-0.3, -0.25) is 4.79 Å². The molecule has 1 aliphatic heterocycles. The normalized spacial score (nSPS) is 19.3. The van der Waals surface area contributed by atoms with E-state index >= 15 is 0 Å². The Morgan fingerprint density at radius 3 is 2.52 bits per heavy atom. The van der Waals surface area contributed by atoms with Gasteiger partial charge in [-0.2, -0.15) is 0 Å². The maximum absolute atomic E-state index is 12.9. The monoisotopic (exact) mass is 440 g/mol. The van der Waals surface area contributed by atoms with Crippen molar-refractivity contribution in [3.8, 4) is 11.4 Å². The Labute approximate surface area is 193 Å². The SMILES string of the molecule is Cc1ccc(-c2nnc3c4ccccc4nc(N4CCN(C(=O)C5CCC5)C(C)C4)n23)cc1. The standard InChI is InChI=1S/C26H28N6O/c1-17-10-12-19(13-11-17)23-28-29-24-21-8-3-4-9-22(21)27-26(32(23)24)30-14-15-31(18(2)16-30)25(33)20-6-5-7-20/h3-4,8-13,18,20H,5-7,14-16H2,1-2H3. The molecule has 2 aliphatic rings. The molecule has 0 N–H and O–H groups in total. The highest BCUT2D eigenvalue weighted by molar-refractivity contribution is 5.93. The number of carbonyl (C=O) groups is 1. The zero-order valence-corrected chi connectivity index (χ0v) is 19.1. The smallest absolute Gasteiger partial charge is 0.226 e. The summed E-state index contributed by atoms with van der Waals surface area (Å²) in [5, 5.41) is 10.2. The van der Waals surface area contributed by atoms with Crippen LogP contribution in [0.1, 0.15) is 31.7 Å². The van der Waals surface area contributed by atoms with E-state index in [1.165, 1.54) is 12.0 Å². The van der Waals surface area contributed by atoms with Crippen LogP contribution in [0.2, 0.25) is 0 Å². The van der Waals surface area contributed by atoms with Crippen molar-refractivity contribution in [1.82, 2.24) is 24.5 Å². The number of fused-ring (bicyclic) bond motifs is 3. The van der Waals surface area contributed by atoms with Gasteiger partial charge in [0.2, 0.25) is 11.9 Å². The van der Waals surface area contributed by atoms with Crippen molar-refractivity contribution in [2.45, 2.75) is 39.2 Å². The van der Waals surface area contributed by atoms with Crippen LogP contribution < -0.4 is 4.90 Å². The average Bonchev–Trinajstić information content (AvgIpc) is 3.23. The Morgan fingerprint density at radius 2 is 1.79 bits per heavy atom. The topological polar surface area (TPSA) is 66.6 Å². The quantitative estimate of drug-likeness (QED) is 0.480. The molecule has 0 radical (unpaired) electrons. The first-order chi connectivity index (χ1) is 16.1. The van der Waals surface area contributed by atoms with Crippen molar-refractivity contribution in [3.63, 3.8) is 0 Å². The third kappa shape index (κ3) is 3.34. The highest BCUT2D eigenvalue weighted by Gasteiger charge is 2.35. The average molecular weight is 441 g/mol. The lowest BCUT2D eigenvalue weighted by Crippen LogP contribution is -2.56. The fourth-order valence-electron chi connectivity index (χ4n) is 5.02. The van der Waals surface area contributed by atoms with Crippen LogP contribution in [0, 0.1) is 12.8 Å². The number of hydrogen-bond donors (Lipinski definition) is 0. The molecule has 7 heteroatoms. The zero-order valence-electron chi connectivity index (χ0n) is 19.1. The Bertz CT molecular complexity index is 1340. The number of para-hydroxylation sites is 1. The maximum Gasteiger partial charge on any atom is 0.226 e. The molecule has 1 saturated carbocycles. The van der Waals surface area contributed by atoms with Crippen LogP contribution in [-0.4, -0.2) is 56.1 Å². The van der Waals surface area contributed by atoms with Gasteiger partial charge in [-0.1, -0.05) is 48.4 Å². The first kappa shape index (κ1) is 20.1. The molecule has 1 amide bonds. The van der Waals surface area contributed by atoms with E-state index in [4.69, 9.17) is 4.98 Å². The van der Waals surface area contributed by atoms with Crippen LogP contribution in [0.15, 0.2) is 48.5 Å². The number of amides is 1. The highest BCUT2D eigenvalue weighted by atomic mass is 16.2. The number of aromatic nitrogens is 4. The summed E-state index contributed by atoms with van der Waals surface area (Å²) in [6.45, 7) is 6.43. The molecule has 33 heavy (non-hydrogen) atoms. The lowest BCUT2D eigenvalue weighted by molar-refractivity contribution is -0.140. The number of hydrogen-bond acceptors (Lipinski definition) is 5. The summed E-state index contributed by atoms with van der Waals surface area (Å²) in [6, 6.07) is 16.6. The van der Waals surface area contributed by atoms with Gasteiger partial charge in [0.05, 0.1) is 5.52 Å². The third-order valence-corrected chi connectivity index (χ3v) is 7.19. The summed E-state index contributed by atoms with van der Waals surface area (Å²) in [6.07, 6.45) is 3.26. The molecular weight excluding hydrogens is 412 g/mol. The van der Waals surface area contributed by atoms with Crippen LogP contribution in [0.5, 0.6) is 0 Å². The van der Waals surface area contributed by atoms with E-state index in [1.807, 2.05) is 24.3 Å². The number of aryl methyl sites for hydroxylation is 1. The fourth-order valence-corrected chi connectivity index (χ4v) is 5.02. The second-order valence-electron chi connectivity index (χ2n) is 9.43. The first-order valence-electron chi connectivity index (χ1n) is 11.9. The minimum atomic E-state index is 0.134. The highest BCUT2D eigenvalue weighted by Crippen LogP contribution is 2.32. The molecule has 7 nitrogen and oxygen atoms in total. The molecule has 1 unspecified atom stereocenters. The van der Waals surface area contributed by atoms with Gasteiger partial charge in [0.1, 0.15) is 0 Å². The van der Waals surface area contributed by atoms with Crippen molar-refractivity contribution in [3.05, 3.63) is 54.1 Å². The fraction of sp³-hybridized carbons (Fsp3) is 0.385. The predicted molar refractivity (Wildman–Crippen MR) is 129 cm³/mol. The third-order valence-electron chi connectivity index (χ3n) is 7.19. The summed E-state index contributed by atoms with van der Waals surface area (Å²) in [5.74, 6) is 2.19. The van der Waals surface area contributed by atoms with E-state index in [2.05, 4.69) is 62.5 Å². The van der Waals surface area contributed by atoms with E-state index in [-0.39, 0.29) is 12.0 Å². The van der Waals surface area contributed by atoms with Crippen LogP contribution in [0.3, 0.4) is 0 Å². The number of benzene rings is 2. The van der Waals surface area contributed by atoms with E-state index in [9.17, 15) is 4.79 Å². The molecule has 1 aliphatic carbocycles. The Hall–Kier alpha value is -3.48. The molecule has 1 saturated heterocycles. The summed E-state index contributed by atoms with van der Waals surface area (Å²) in [5.41, 5.74) is 3.94. The van der Waals surface area contributed by atoms with E-state index in [0.29, 0.717) is 12.5 Å². The number of nitrogens with zero attached hydrogens (tertiary/aromatic N) is 6. The lowest BCUT2D eigenvalue weighted by Gasteiger charge is -2.43. The number of rotatable bonds is 3. The second-order valence-corrected chi connectivity index (χ2v) is 9.43. The predicted octanol–water partition coefficient (Wildman–Crippen LogP) is 4.09. The summed E-state index contributed by atoms with van der Waals surface area (Å²) < 4.78 is 2.09. The van der Waals surface area contributed by atoms with Gasteiger partial charge in [-0.25, -0.2) is 9.38 Å². The molecule has 1 atom stereocenters. The number of piperazine rings is 1. The van der Waals surface area contributed by atoms with Crippen molar-refractivity contribution >= 4 is 28.4 Å². The van der Waals surface area contributed by atoms with E-state index in [0.717, 1.165) is 59.8 Å². The van der Waals surface area contributed by atoms with Crippen molar-refractivity contribution in [1.29, 1.82) is 0 Å². The van der Waals surface area contributed by atoms with Crippen molar-refractivity contribution in [2.24, 2.45) is 5.92 Å². The van der Waals surface area contributed by atoms with Crippen LogP contribution in [-0.2, 0) is 4.79 Å². The molecule has 6 rings (SSSR count). The Kier molecular flexibility index (Phi) is 4.78. The lowest BCUT2D eigenvalue weighted by atomic mass is 9.84. The molecule has 0 spiro atoms. The molecule has 2 fully saturated rings. The minimum Gasteiger partial charge on any atom is -0.338 e. The van der Waals surface area contributed by atoms with Crippen LogP contribution >= 0.6 is 0 Å². The van der Waals surface area contributed by atoms with Crippen LogP contribution in [0.25, 0.3) is 27.9 Å². The minimum absolute atomic E-state index is 0.134. The molecule has 2 aromatic carbocycles. The maximum atomic E-state index is 12.9. The first-order valence-corrected chi connectivity index (χ1v) is 11.9. The van der Waals surface area contributed by atoms with E-state index < -0.39 is 0 Å². The molecule has 3 heterocycles. The van der Waals surface area contributed by atoms with Gasteiger partial charge in [-0.15, -0.1) is 10.2 Å². The Morgan fingerprint density at radius 1 is 1.00 bits per heavy atom. The van der Waals surface area contributed by atoms with Gasteiger partial charge in [-0.05, 0) is 38.8 Å². The molecule has 4 aromatic rings. The van der Waals surface area contributed by atoms with Crippen molar-refractivity contribution < 1.29 is 4.79 Å². The Balaban J connectivity index is 1.44. The van der Waals surface area contributed by atoms with Crippen LogP contribution in [0.4, 0.5) is 5.95 Å². The number of carbonyl (C=O) groups excluding carboxylic acids is 1. The summed E-state index contributed by atoms with van der Waals surface area (Å²) in [7, 11) is 0. The molecule has 2 aromatic heterocycles. The van der Waals surface area contributed by atoms with Gasteiger partial charge < -0.3 is 9.80 Å². The molecule has 168 valence electrons. The largest absolute Gasteiger partial charge is 0.338 e. The van der Waals surface area contributed by atoms with Gasteiger partial charge in [0.25, 0.3) is 0 Å². The summed E-state index contributed by atoms with van der Waals surface area (Å²) in [4.78, 5) is 22.4.